The van der Waals surface area contributed by atoms with Gasteiger partial charge >= 0.3 is 0 Å². The Morgan fingerprint density at radius 1 is 1.10 bits per heavy atom. The zero-order valence-corrected chi connectivity index (χ0v) is 17.7. The van der Waals surface area contributed by atoms with E-state index in [1.54, 1.807) is 0 Å². The van der Waals surface area contributed by atoms with Crippen LogP contribution in [0.4, 0.5) is 5.00 Å². The zero-order valence-electron chi connectivity index (χ0n) is 16.9. The van der Waals surface area contributed by atoms with E-state index in [0.717, 1.165) is 57.5 Å². The highest BCUT2D eigenvalue weighted by atomic mass is 32.1. The number of guanidine groups is 1. The summed E-state index contributed by atoms with van der Waals surface area (Å²) < 4.78 is 2.22. The maximum atomic E-state index is 4.55. The lowest BCUT2D eigenvalue weighted by molar-refractivity contribution is 0.373. The third kappa shape index (κ3) is 4.98. The first kappa shape index (κ1) is 19.5. The molecule has 1 fully saturated rings. The SMILES string of the molecule is CN=C(NCCc1nccn1Cc1ccccc1)N1CCN(c2cccs2)CC1. The fraction of sp³-hybridized carbons (Fsp3) is 0.364. The van der Waals surface area contributed by atoms with E-state index in [0.29, 0.717) is 0 Å². The summed E-state index contributed by atoms with van der Waals surface area (Å²) in [5.41, 5.74) is 1.29. The van der Waals surface area contributed by atoms with Crippen molar-refractivity contribution in [3.8, 4) is 0 Å². The lowest BCUT2D eigenvalue weighted by Gasteiger charge is -2.37. The van der Waals surface area contributed by atoms with Gasteiger partial charge in [0, 0.05) is 65.1 Å². The fourth-order valence-electron chi connectivity index (χ4n) is 3.70. The highest BCUT2D eigenvalue weighted by Gasteiger charge is 2.20. The number of thiophene rings is 1. The largest absolute Gasteiger partial charge is 0.360 e. The molecule has 7 heteroatoms. The van der Waals surface area contributed by atoms with Crippen molar-refractivity contribution in [2.24, 2.45) is 4.99 Å². The first-order valence-corrected chi connectivity index (χ1v) is 11.0. The fourth-order valence-corrected chi connectivity index (χ4v) is 4.48. The van der Waals surface area contributed by atoms with Gasteiger partial charge in [-0.3, -0.25) is 4.99 Å². The summed E-state index contributed by atoms with van der Waals surface area (Å²) in [5, 5.41) is 7.03. The number of hydrogen-bond donors (Lipinski definition) is 1. The summed E-state index contributed by atoms with van der Waals surface area (Å²) in [4.78, 5) is 13.8. The number of nitrogens with one attached hydrogen (secondary N) is 1. The molecule has 1 N–H and O–H groups in total. The van der Waals surface area contributed by atoms with Crippen LogP contribution in [0, 0.1) is 0 Å². The van der Waals surface area contributed by atoms with Gasteiger partial charge in [-0.1, -0.05) is 30.3 Å². The van der Waals surface area contributed by atoms with Gasteiger partial charge in [-0.15, -0.1) is 11.3 Å². The molecule has 3 aromatic rings. The molecule has 1 aromatic carbocycles. The molecule has 29 heavy (non-hydrogen) atoms. The number of benzene rings is 1. The molecule has 0 spiro atoms. The van der Waals surface area contributed by atoms with Crippen LogP contribution in [0.5, 0.6) is 0 Å². The molecule has 0 saturated carbocycles. The minimum absolute atomic E-state index is 0.823. The van der Waals surface area contributed by atoms with Crippen molar-refractivity contribution < 1.29 is 0 Å². The molecule has 0 amide bonds. The van der Waals surface area contributed by atoms with Crippen LogP contribution < -0.4 is 10.2 Å². The number of imidazole rings is 1. The normalized spacial score (nSPS) is 15.0. The highest BCUT2D eigenvalue weighted by Crippen LogP contribution is 2.22. The van der Waals surface area contributed by atoms with Crippen LogP contribution in [0.3, 0.4) is 0 Å². The van der Waals surface area contributed by atoms with Gasteiger partial charge in [0.2, 0.25) is 0 Å². The van der Waals surface area contributed by atoms with Crippen molar-refractivity contribution in [3.63, 3.8) is 0 Å². The summed E-state index contributed by atoms with van der Waals surface area (Å²) in [6, 6.07) is 14.8. The number of anilines is 1. The third-order valence-electron chi connectivity index (χ3n) is 5.24. The lowest BCUT2D eigenvalue weighted by atomic mass is 10.2. The van der Waals surface area contributed by atoms with E-state index < -0.39 is 0 Å². The van der Waals surface area contributed by atoms with Crippen LogP contribution in [-0.2, 0) is 13.0 Å². The van der Waals surface area contributed by atoms with Crippen molar-refractivity contribution in [1.82, 2.24) is 19.8 Å². The number of nitrogens with zero attached hydrogens (tertiary/aromatic N) is 5. The van der Waals surface area contributed by atoms with Gasteiger partial charge in [0.1, 0.15) is 5.82 Å². The maximum Gasteiger partial charge on any atom is 0.193 e. The van der Waals surface area contributed by atoms with Gasteiger partial charge < -0.3 is 19.7 Å². The molecule has 0 aliphatic carbocycles. The molecule has 1 aliphatic rings. The Morgan fingerprint density at radius 3 is 2.66 bits per heavy atom. The lowest BCUT2D eigenvalue weighted by Crippen LogP contribution is -2.52. The van der Waals surface area contributed by atoms with Crippen molar-refractivity contribution in [3.05, 3.63) is 71.6 Å². The molecular weight excluding hydrogens is 380 g/mol. The maximum absolute atomic E-state index is 4.55. The number of aliphatic imine (C=N–C) groups is 1. The Balaban J connectivity index is 1.26. The second-order valence-electron chi connectivity index (χ2n) is 7.11. The molecule has 1 aliphatic heterocycles. The summed E-state index contributed by atoms with van der Waals surface area (Å²) >= 11 is 1.81. The van der Waals surface area contributed by atoms with Crippen LogP contribution in [0.25, 0.3) is 0 Å². The monoisotopic (exact) mass is 408 g/mol. The minimum Gasteiger partial charge on any atom is -0.360 e. The average molecular weight is 409 g/mol. The second-order valence-corrected chi connectivity index (χ2v) is 8.03. The molecule has 0 radical (unpaired) electrons. The molecule has 6 nitrogen and oxygen atoms in total. The topological polar surface area (TPSA) is 48.7 Å². The van der Waals surface area contributed by atoms with E-state index in [1.165, 1.54) is 10.6 Å². The summed E-state index contributed by atoms with van der Waals surface area (Å²) in [5.74, 6) is 2.08. The van der Waals surface area contributed by atoms with Gasteiger partial charge in [-0.05, 0) is 23.1 Å². The van der Waals surface area contributed by atoms with Crippen molar-refractivity contribution in [2.45, 2.75) is 13.0 Å². The number of piperazine rings is 1. The predicted octanol–water partition coefficient (Wildman–Crippen LogP) is 2.93. The Kier molecular flexibility index (Phi) is 6.46. The number of aromatic nitrogens is 2. The van der Waals surface area contributed by atoms with Gasteiger partial charge in [0.15, 0.2) is 5.96 Å². The summed E-state index contributed by atoms with van der Waals surface area (Å²) in [7, 11) is 1.87. The minimum atomic E-state index is 0.823. The quantitative estimate of drug-likeness (QED) is 0.503. The number of hydrogen-bond acceptors (Lipinski definition) is 4. The Bertz CT molecular complexity index is 895. The van der Waals surface area contributed by atoms with Crippen LogP contribution in [-0.4, -0.2) is 60.2 Å². The molecule has 0 atom stereocenters. The first-order valence-electron chi connectivity index (χ1n) is 10.1. The van der Waals surface area contributed by atoms with Crippen molar-refractivity contribution >= 4 is 22.3 Å². The van der Waals surface area contributed by atoms with Gasteiger partial charge in [-0.25, -0.2) is 4.98 Å². The summed E-state index contributed by atoms with van der Waals surface area (Å²) in [6.45, 7) is 5.71. The van der Waals surface area contributed by atoms with Crippen molar-refractivity contribution in [1.29, 1.82) is 0 Å². The van der Waals surface area contributed by atoms with Crippen LogP contribution in [0.2, 0.25) is 0 Å². The average Bonchev–Trinajstić information content (AvgIpc) is 3.45. The van der Waals surface area contributed by atoms with Crippen LogP contribution in [0.15, 0.2) is 65.2 Å². The first-order chi connectivity index (χ1) is 14.3. The van der Waals surface area contributed by atoms with Crippen molar-refractivity contribution in [2.75, 3.05) is 44.7 Å². The second kappa shape index (κ2) is 9.60. The molecule has 2 aromatic heterocycles. The predicted molar refractivity (Wildman–Crippen MR) is 121 cm³/mol. The third-order valence-corrected chi connectivity index (χ3v) is 6.17. The van der Waals surface area contributed by atoms with E-state index in [-0.39, 0.29) is 0 Å². The Hall–Kier alpha value is -2.80. The Morgan fingerprint density at radius 2 is 1.93 bits per heavy atom. The molecule has 0 unspecified atom stereocenters. The zero-order chi connectivity index (χ0) is 19.9. The molecular formula is C22H28N6S. The molecule has 1 saturated heterocycles. The molecule has 4 rings (SSSR count). The summed E-state index contributed by atoms with van der Waals surface area (Å²) in [6.07, 6.45) is 4.81. The number of rotatable bonds is 6. The van der Waals surface area contributed by atoms with E-state index in [1.807, 2.05) is 30.6 Å². The smallest absolute Gasteiger partial charge is 0.193 e. The molecule has 152 valence electrons. The van der Waals surface area contributed by atoms with E-state index >= 15 is 0 Å². The van der Waals surface area contributed by atoms with Crippen LogP contribution >= 0.6 is 11.3 Å². The molecule has 0 bridgehead atoms. The Labute approximate surface area is 176 Å². The molecule has 3 heterocycles. The van der Waals surface area contributed by atoms with Gasteiger partial charge in [0.05, 0.1) is 5.00 Å². The van der Waals surface area contributed by atoms with Crippen LogP contribution in [0.1, 0.15) is 11.4 Å². The standard InChI is InChI=1S/C22H28N6S/c1-23-22(27-15-13-26(14-16-27)21-8-5-17-29-21)25-10-9-20-24-11-12-28(20)18-19-6-3-2-4-7-19/h2-8,11-12,17H,9-10,13-16,18H2,1H3,(H,23,25). The van der Waals surface area contributed by atoms with E-state index in [9.17, 15) is 0 Å². The van der Waals surface area contributed by atoms with Gasteiger partial charge in [0.25, 0.3) is 0 Å². The highest BCUT2D eigenvalue weighted by molar-refractivity contribution is 7.14. The van der Waals surface area contributed by atoms with E-state index in [4.69, 9.17) is 0 Å². The van der Waals surface area contributed by atoms with E-state index in [2.05, 4.69) is 77.6 Å². The van der Waals surface area contributed by atoms with Gasteiger partial charge in [-0.2, -0.15) is 0 Å².